The van der Waals surface area contributed by atoms with Crippen molar-refractivity contribution in [2.24, 2.45) is 0 Å². The number of benzene rings is 1. The van der Waals surface area contributed by atoms with Crippen molar-refractivity contribution in [2.45, 2.75) is 45.1 Å². The molecule has 28 heavy (non-hydrogen) atoms. The zero-order valence-corrected chi connectivity index (χ0v) is 16.5. The molecule has 0 radical (unpaired) electrons. The van der Waals surface area contributed by atoms with Crippen LogP contribution in [0.5, 0.6) is 0 Å². The van der Waals surface area contributed by atoms with E-state index in [9.17, 15) is 9.59 Å². The Balaban J connectivity index is 1.53. The van der Waals surface area contributed by atoms with Crippen molar-refractivity contribution in [3.8, 4) is 5.69 Å². The molecule has 0 unspecified atom stereocenters. The standard InChI is InChI=1S/C20H27N5O3/c1-20(2,3)28-19(27)22-12-11-21-18(26)23-17-13-16(14-9-10-14)24-25(17)15-7-5-4-6-8-15/h4-8,13-14H,9-12H2,1-3H3,(H,22,27)(H2,21,23,26). The number of anilines is 1. The van der Waals surface area contributed by atoms with Crippen molar-refractivity contribution in [3.05, 3.63) is 42.1 Å². The van der Waals surface area contributed by atoms with Gasteiger partial charge >= 0.3 is 12.1 Å². The Bertz CT molecular complexity index is 822. The lowest BCUT2D eigenvalue weighted by atomic mass is 10.2. The summed E-state index contributed by atoms with van der Waals surface area (Å²) in [4.78, 5) is 23.9. The fourth-order valence-corrected chi connectivity index (χ4v) is 2.65. The van der Waals surface area contributed by atoms with Gasteiger partial charge in [0, 0.05) is 25.1 Å². The van der Waals surface area contributed by atoms with Crippen LogP contribution in [0.15, 0.2) is 36.4 Å². The van der Waals surface area contributed by atoms with Crippen molar-refractivity contribution in [1.82, 2.24) is 20.4 Å². The molecule has 150 valence electrons. The molecule has 8 nitrogen and oxygen atoms in total. The number of aromatic nitrogens is 2. The van der Waals surface area contributed by atoms with Crippen LogP contribution in [0, 0.1) is 0 Å². The lowest BCUT2D eigenvalue weighted by Crippen LogP contribution is -2.39. The summed E-state index contributed by atoms with van der Waals surface area (Å²) in [6, 6.07) is 11.2. The highest BCUT2D eigenvalue weighted by Gasteiger charge is 2.28. The number of hydrogen-bond acceptors (Lipinski definition) is 4. The van der Waals surface area contributed by atoms with Crippen LogP contribution >= 0.6 is 0 Å². The third kappa shape index (κ3) is 5.73. The Morgan fingerprint density at radius 2 is 1.82 bits per heavy atom. The lowest BCUT2D eigenvalue weighted by molar-refractivity contribution is 0.0528. The first kappa shape index (κ1) is 19.7. The van der Waals surface area contributed by atoms with Gasteiger partial charge in [0.25, 0.3) is 0 Å². The van der Waals surface area contributed by atoms with Gasteiger partial charge in [-0.1, -0.05) is 18.2 Å². The number of nitrogens with zero attached hydrogens (tertiary/aromatic N) is 2. The number of nitrogens with one attached hydrogen (secondary N) is 3. The van der Waals surface area contributed by atoms with E-state index in [-0.39, 0.29) is 19.1 Å². The molecule has 1 aliphatic rings. The molecule has 3 amide bonds. The molecule has 1 saturated carbocycles. The van der Waals surface area contributed by atoms with Crippen molar-refractivity contribution in [3.63, 3.8) is 0 Å². The van der Waals surface area contributed by atoms with E-state index in [4.69, 9.17) is 4.74 Å². The Labute approximate surface area is 164 Å². The Hall–Kier alpha value is -3.03. The number of ether oxygens (including phenoxy) is 1. The van der Waals surface area contributed by atoms with E-state index in [2.05, 4.69) is 21.0 Å². The summed E-state index contributed by atoms with van der Waals surface area (Å²) in [5.41, 5.74) is 1.33. The number of carbonyl (C=O) groups is 2. The van der Waals surface area contributed by atoms with Gasteiger partial charge in [-0.2, -0.15) is 5.10 Å². The minimum atomic E-state index is -0.552. The van der Waals surface area contributed by atoms with Crippen LogP contribution < -0.4 is 16.0 Å². The second-order valence-electron chi connectivity index (χ2n) is 7.79. The third-order valence-corrected chi connectivity index (χ3v) is 4.05. The molecule has 0 spiro atoms. The first-order valence-corrected chi connectivity index (χ1v) is 9.49. The summed E-state index contributed by atoms with van der Waals surface area (Å²) in [6.07, 6.45) is 1.76. The van der Waals surface area contributed by atoms with E-state index in [1.165, 1.54) is 0 Å². The molecule has 0 bridgehead atoms. The molecule has 2 aromatic rings. The molecule has 0 aliphatic heterocycles. The Morgan fingerprint density at radius 3 is 2.46 bits per heavy atom. The highest BCUT2D eigenvalue weighted by Crippen LogP contribution is 2.40. The summed E-state index contributed by atoms with van der Waals surface area (Å²) in [5.74, 6) is 1.09. The number of rotatable bonds is 6. The van der Waals surface area contributed by atoms with Gasteiger partial charge in [0.1, 0.15) is 11.4 Å². The van der Waals surface area contributed by atoms with Gasteiger partial charge < -0.3 is 15.4 Å². The van der Waals surface area contributed by atoms with Gasteiger partial charge in [0.2, 0.25) is 0 Å². The van der Waals surface area contributed by atoms with E-state index < -0.39 is 11.7 Å². The van der Waals surface area contributed by atoms with Crippen LogP contribution in [0.3, 0.4) is 0 Å². The van der Waals surface area contributed by atoms with Crippen molar-refractivity contribution >= 4 is 17.9 Å². The molecular weight excluding hydrogens is 358 g/mol. The smallest absolute Gasteiger partial charge is 0.407 e. The Kier molecular flexibility index (Phi) is 5.87. The molecule has 1 fully saturated rings. The van der Waals surface area contributed by atoms with Crippen molar-refractivity contribution < 1.29 is 14.3 Å². The van der Waals surface area contributed by atoms with Crippen LogP contribution in [0.1, 0.15) is 45.2 Å². The summed E-state index contributed by atoms with van der Waals surface area (Å²) >= 11 is 0. The number of urea groups is 1. The quantitative estimate of drug-likeness (QED) is 0.664. The average Bonchev–Trinajstić information content (AvgIpc) is 3.39. The second kappa shape index (κ2) is 8.33. The molecule has 8 heteroatoms. The zero-order chi connectivity index (χ0) is 20.1. The number of hydrogen-bond donors (Lipinski definition) is 3. The molecule has 1 heterocycles. The topological polar surface area (TPSA) is 97.3 Å². The van der Waals surface area contributed by atoms with Gasteiger partial charge in [0.15, 0.2) is 0 Å². The molecule has 1 aromatic carbocycles. The molecule has 3 rings (SSSR count). The second-order valence-corrected chi connectivity index (χ2v) is 7.79. The largest absolute Gasteiger partial charge is 0.444 e. The molecular formula is C20H27N5O3. The fourth-order valence-electron chi connectivity index (χ4n) is 2.65. The minimum absolute atomic E-state index is 0.271. The SMILES string of the molecule is CC(C)(C)OC(=O)NCCNC(=O)Nc1cc(C2CC2)nn1-c1ccccc1. The molecule has 0 saturated heterocycles. The maximum Gasteiger partial charge on any atom is 0.407 e. The average molecular weight is 385 g/mol. The van der Waals surface area contributed by atoms with Gasteiger partial charge in [-0.15, -0.1) is 0 Å². The van der Waals surface area contributed by atoms with Crippen LogP contribution in [-0.2, 0) is 4.74 Å². The van der Waals surface area contributed by atoms with Crippen LogP contribution in [0.4, 0.5) is 15.4 Å². The number of para-hydroxylation sites is 1. The van der Waals surface area contributed by atoms with Gasteiger partial charge in [0.05, 0.1) is 11.4 Å². The number of carbonyl (C=O) groups excluding carboxylic acids is 2. The molecule has 1 aromatic heterocycles. The fraction of sp³-hybridized carbons (Fsp3) is 0.450. The van der Waals surface area contributed by atoms with Crippen LogP contribution in [-0.4, -0.2) is 40.6 Å². The molecule has 3 N–H and O–H groups in total. The summed E-state index contributed by atoms with van der Waals surface area (Å²) in [6.45, 7) is 5.94. The molecule has 0 atom stereocenters. The normalized spacial score (nSPS) is 13.7. The van der Waals surface area contributed by atoms with Gasteiger partial charge in [-0.25, -0.2) is 14.3 Å². The summed E-state index contributed by atoms with van der Waals surface area (Å²) in [5, 5.41) is 12.8. The lowest BCUT2D eigenvalue weighted by Gasteiger charge is -2.19. The third-order valence-electron chi connectivity index (χ3n) is 4.05. The Morgan fingerprint density at radius 1 is 1.14 bits per heavy atom. The predicted molar refractivity (Wildman–Crippen MR) is 107 cm³/mol. The predicted octanol–water partition coefficient (Wildman–Crippen LogP) is 3.40. The van der Waals surface area contributed by atoms with E-state index in [1.54, 1.807) is 25.5 Å². The maximum absolute atomic E-state index is 12.3. The minimum Gasteiger partial charge on any atom is -0.444 e. The van der Waals surface area contributed by atoms with Crippen LogP contribution in [0.25, 0.3) is 5.69 Å². The summed E-state index contributed by atoms with van der Waals surface area (Å²) in [7, 11) is 0. The highest BCUT2D eigenvalue weighted by atomic mass is 16.6. The number of alkyl carbamates (subject to hydrolysis) is 1. The van der Waals surface area contributed by atoms with Crippen molar-refractivity contribution in [2.75, 3.05) is 18.4 Å². The first-order valence-electron chi connectivity index (χ1n) is 9.49. The zero-order valence-electron chi connectivity index (χ0n) is 16.5. The highest BCUT2D eigenvalue weighted by molar-refractivity contribution is 5.88. The first-order chi connectivity index (χ1) is 13.3. The van der Waals surface area contributed by atoms with Crippen LogP contribution in [0.2, 0.25) is 0 Å². The van der Waals surface area contributed by atoms with E-state index in [0.29, 0.717) is 11.7 Å². The summed E-state index contributed by atoms with van der Waals surface area (Å²) < 4.78 is 6.89. The number of amides is 3. The van der Waals surface area contributed by atoms with Crippen molar-refractivity contribution in [1.29, 1.82) is 0 Å². The van der Waals surface area contributed by atoms with Gasteiger partial charge in [-0.05, 0) is 45.7 Å². The van der Waals surface area contributed by atoms with Gasteiger partial charge in [-0.3, -0.25) is 5.32 Å². The van der Waals surface area contributed by atoms with E-state index in [0.717, 1.165) is 24.2 Å². The monoisotopic (exact) mass is 385 g/mol. The van der Waals surface area contributed by atoms with E-state index >= 15 is 0 Å². The maximum atomic E-state index is 12.3. The molecule has 1 aliphatic carbocycles. The van der Waals surface area contributed by atoms with E-state index in [1.807, 2.05) is 36.4 Å².